The maximum atomic E-state index is 11.8. The molecule has 4 heterocycles. The largest absolute Gasteiger partial charge is 0.488 e. The zero-order valence-corrected chi connectivity index (χ0v) is 36.6. The topological polar surface area (TPSA) is 215 Å². The number of hydrogen-bond acceptors (Lipinski definition) is 15. The van der Waals surface area contributed by atoms with Gasteiger partial charge in [-0.15, -0.1) is 0 Å². The van der Waals surface area contributed by atoms with Gasteiger partial charge in [0, 0.05) is 41.1 Å². The number of aliphatic hydroxyl groups excluding tert-OH is 7. The van der Waals surface area contributed by atoms with Crippen molar-refractivity contribution in [2.24, 2.45) is 0 Å². The second-order valence-electron chi connectivity index (χ2n) is 16.7. The van der Waals surface area contributed by atoms with E-state index in [9.17, 15) is 35.7 Å². The number of halogens is 2. The van der Waals surface area contributed by atoms with Crippen molar-refractivity contribution in [2.45, 2.75) is 98.3 Å². The SMILES string of the molecule is CO[C@]1(c2ccc(Cl)c(Cc3ccc(O[C@H]4CCOC4)cc3)c2)O[C@H](CO[C@]2(c3ccc(Cl)c(Cc4ccc(O[C@H]5CCOC5)cc4)c3)O[C@H](CO)[C@@H](O)[C@H](O)[C@H]2O)[C@@H](O)[C@H](O)[C@H]1O. The van der Waals surface area contributed by atoms with Crippen LogP contribution in [-0.4, -0.2) is 144 Å². The molecule has 8 rings (SSSR count). The van der Waals surface area contributed by atoms with E-state index in [0.29, 0.717) is 71.9 Å². The fraction of sp³-hybridized carbons (Fsp3) is 0.489. The van der Waals surface area contributed by atoms with Gasteiger partial charge in [0.1, 0.15) is 72.5 Å². The molecule has 4 saturated heterocycles. The van der Waals surface area contributed by atoms with Crippen molar-refractivity contribution in [2.75, 3.05) is 46.8 Å². The molecule has 346 valence electrons. The fourth-order valence-corrected chi connectivity index (χ4v) is 9.07. The number of methoxy groups -OCH3 is 1. The molecule has 0 radical (unpaired) electrons. The van der Waals surface area contributed by atoms with Gasteiger partial charge >= 0.3 is 0 Å². The Morgan fingerprint density at radius 3 is 1.50 bits per heavy atom. The van der Waals surface area contributed by atoms with Crippen LogP contribution >= 0.6 is 23.2 Å². The Hall–Kier alpha value is -3.46. The number of aliphatic hydroxyl groups is 7. The van der Waals surface area contributed by atoms with Crippen molar-refractivity contribution in [1.29, 1.82) is 0 Å². The summed E-state index contributed by atoms with van der Waals surface area (Å²) in [4.78, 5) is 0. The molecule has 0 saturated carbocycles. The molecule has 0 spiro atoms. The summed E-state index contributed by atoms with van der Waals surface area (Å²) in [5.74, 6) is -3.00. The predicted octanol–water partition coefficient (Wildman–Crippen LogP) is 3.13. The van der Waals surface area contributed by atoms with E-state index in [2.05, 4.69) is 0 Å². The smallest absolute Gasteiger partial charge is 0.225 e. The lowest BCUT2D eigenvalue weighted by Crippen LogP contribution is -2.67. The standard InChI is InChI=1S/C47H54Cl2O15/c1-57-46(30-6-12-36(48)28(20-30)18-26-2-8-32(9-3-26)61-34-14-16-58-23-34)44(55)43(54)41(52)39(64-46)25-60-47(45(56)42(53)40(51)38(22-50)63-47)31-7-13-37(49)29(21-31)19-27-4-10-33(11-5-27)62-35-15-17-59-24-35/h2-13,20-21,34-35,38-45,50-56H,14-19,22-25H2,1H3/t34-,35-,38+,39+,40+,41+,42-,43-,44+,45+,46+,47+/m0/s1. The van der Waals surface area contributed by atoms with Gasteiger partial charge in [-0.3, -0.25) is 0 Å². The van der Waals surface area contributed by atoms with Crippen LogP contribution in [0.2, 0.25) is 10.0 Å². The second-order valence-corrected chi connectivity index (χ2v) is 17.5. The Kier molecular flexibility index (Phi) is 14.8. The van der Waals surface area contributed by atoms with E-state index in [1.54, 1.807) is 30.3 Å². The van der Waals surface area contributed by atoms with E-state index < -0.39 is 73.6 Å². The molecule has 4 aliphatic heterocycles. The molecular weight excluding hydrogens is 875 g/mol. The third-order valence-corrected chi connectivity index (χ3v) is 13.1. The first kappa shape index (κ1) is 47.0. The Balaban J connectivity index is 1.05. The summed E-state index contributed by atoms with van der Waals surface area (Å²) in [6.45, 7) is 0.960. The van der Waals surface area contributed by atoms with E-state index >= 15 is 0 Å². The van der Waals surface area contributed by atoms with E-state index in [1.165, 1.54) is 13.2 Å². The number of benzene rings is 4. The van der Waals surface area contributed by atoms with Crippen molar-refractivity contribution in [3.05, 3.63) is 128 Å². The van der Waals surface area contributed by atoms with Gasteiger partial charge in [0.2, 0.25) is 11.6 Å². The van der Waals surface area contributed by atoms with Crippen molar-refractivity contribution in [1.82, 2.24) is 0 Å². The highest BCUT2D eigenvalue weighted by Crippen LogP contribution is 2.44. The molecule has 0 bridgehead atoms. The maximum absolute atomic E-state index is 11.8. The van der Waals surface area contributed by atoms with Crippen molar-refractivity contribution >= 4 is 23.2 Å². The summed E-state index contributed by atoms with van der Waals surface area (Å²) in [6.07, 6.45) is -11.7. The van der Waals surface area contributed by atoms with Crippen LogP contribution in [-0.2, 0) is 52.8 Å². The molecule has 4 aromatic carbocycles. The van der Waals surface area contributed by atoms with Crippen LogP contribution in [0.3, 0.4) is 0 Å². The van der Waals surface area contributed by atoms with Gasteiger partial charge in [0.05, 0.1) is 39.6 Å². The maximum Gasteiger partial charge on any atom is 0.225 e. The zero-order valence-electron chi connectivity index (χ0n) is 35.1. The zero-order chi connectivity index (χ0) is 45.2. The van der Waals surface area contributed by atoms with Gasteiger partial charge in [0.15, 0.2) is 0 Å². The Morgan fingerprint density at radius 2 is 1.05 bits per heavy atom. The third-order valence-electron chi connectivity index (χ3n) is 12.4. The number of rotatable bonds is 15. The lowest BCUT2D eigenvalue weighted by Gasteiger charge is -2.51. The van der Waals surface area contributed by atoms with Crippen LogP contribution in [0.4, 0.5) is 0 Å². The van der Waals surface area contributed by atoms with Crippen LogP contribution in [0.5, 0.6) is 11.5 Å². The summed E-state index contributed by atoms with van der Waals surface area (Å²) in [7, 11) is 1.27. The van der Waals surface area contributed by atoms with Gasteiger partial charge in [0.25, 0.3) is 0 Å². The lowest BCUT2D eigenvalue weighted by atomic mass is 9.86. The van der Waals surface area contributed by atoms with Crippen molar-refractivity contribution in [3.63, 3.8) is 0 Å². The molecule has 4 aromatic rings. The molecule has 17 heteroatoms. The van der Waals surface area contributed by atoms with Crippen molar-refractivity contribution in [3.8, 4) is 11.5 Å². The number of hydrogen-bond donors (Lipinski definition) is 7. The van der Waals surface area contributed by atoms with E-state index in [4.69, 9.17) is 61.1 Å². The molecule has 7 N–H and O–H groups in total. The Bertz CT molecular complexity index is 2170. The quantitative estimate of drug-likeness (QED) is 0.0913. The highest BCUT2D eigenvalue weighted by Gasteiger charge is 2.59. The molecule has 4 aliphatic rings. The Morgan fingerprint density at radius 1 is 0.594 bits per heavy atom. The van der Waals surface area contributed by atoms with Crippen LogP contribution in [0.15, 0.2) is 84.9 Å². The van der Waals surface area contributed by atoms with Crippen LogP contribution in [0, 0.1) is 0 Å². The fourth-order valence-electron chi connectivity index (χ4n) is 8.70. The van der Waals surface area contributed by atoms with Gasteiger partial charge in [-0.25, -0.2) is 0 Å². The highest BCUT2D eigenvalue weighted by atomic mass is 35.5. The van der Waals surface area contributed by atoms with E-state index in [1.807, 2.05) is 48.5 Å². The van der Waals surface area contributed by atoms with Gasteiger partial charge in [-0.1, -0.05) is 59.6 Å². The summed E-state index contributed by atoms with van der Waals surface area (Å²) >= 11 is 13.4. The number of ether oxygens (including phenoxy) is 8. The molecule has 0 amide bonds. The normalized spacial score (nSPS) is 33.0. The summed E-state index contributed by atoms with van der Waals surface area (Å²) in [5.41, 5.74) is 3.38. The van der Waals surface area contributed by atoms with Crippen LogP contribution < -0.4 is 9.47 Å². The van der Waals surface area contributed by atoms with Gasteiger partial charge < -0.3 is 73.6 Å². The molecule has 0 aromatic heterocycles. The monoisotopic (exact) mass is 928 g/mol. The molecule has 0 unspecified atom stereocenters. The molecule has 0 aliphatic carbocycles. The summed E-state index contributed by atoms with van der Waals surface area (Å²) in [6, 6.07) is 24.6. The molecular formula is C47H54Cl2O15. The lowest BCUT2D eigenvalue weighted by molar-refractivity contribution is -0.400. The van der Waals surface area contributed by atoms with E-state index in [-0.39, 0.29) is 23.3 Å². The summed E-state index contributed by atoms with van der Waals surface area (Å²) in [5, 5.41) is 79.1. The Labute approximate surface area is 380 Å². The third kappa shape index (κ3) is 9.67. The second kappa shape index (κ2) is 20.2. The van der Waals surface area contributed by atoms with Crippen LogP contribution in [0.1, 0.15) is 46.2 Å². The minimum atomic E-state index is -2.31. The first-order chi connectivity index (χ1) is 30.8. The molecule has 64 heavy (non-hydrogen) atoms. The van der Waals surface area contributed by atoms with E-state index in [0.717, 1.165) is 24.0 Å². The van der Waals surface area contributed by atoms with Crippen molar-refractivity contribution < 1.29 is 73.6 Å². The molecule has 15 nitrogen and oxygen atoms in total. The average molecular weight is 930 g/mol. The molecule has 4 fully saturated rings. The van der Waals surface area contributed by atoms with Gasteiger partial charge in [-0.2, -0.15) is 0 Å². The highest BCUT2D eigenvalue weighted by molar-refractivity contribution is 6.31. The first-order valence-electron chi connectivity index (χ1n) is 21.3. The average Bonchev–Trinajstić information content (AvgIpc) is 4.03. The minimum absolute atomic E-state index is 0.00152. The minimum Gasteiger partial charge on any atom is -0.488 e. The predicted molar refractivity (Wildman–Crippen MR) is 230 cm³/mol. The van der Waals surface area contributed by atoms with Gasteiger partial charge in [-0.05, 0) is 83.6 Å². The van der Waals surface area contributed by atoms with Crippen LogP contribution in [0.25, 0.3) is 0 Å². The molecule has 12 atom stereocenters. The first-order valence-corrected chi connectivity index (χ1v) is 22.1. The summed E-state index contributed by atoms with van der Waals surface area (Å²) < 4.78 is 47.7.